The van der Waals surface area contributed by atoms with Crippen molar-refractivity contribution in [3.8, 4) is 0 Å². The van der Waals surface area contributed by atoms with Crippen molar-refractivity contribution in [2.45, 2.75) is 72.1 Å². The van der Waals surface area contributed by atoms with Crippen LogP contribution in [-0.4, -0.2) is 51.4 Å². The maximum Gasteiger partial charge on any atom is 0.407 e. The van der Waals surface area contributed by atoms with Gasteiger partial charge in [-0.25, -0.2) is 14.2 Å². The van der Waals surface area contributed by atoms with Gasteiger partial charge in [-0.3, -0.25) is 9.78 Å². The fraction of sp³-hybridized carbons (Fsp3) is 0.500. The number of ether oxygens (including phenoxy) is 1. The van der Waals surface area contributed by atoms with Crippen molar-refractivity contribution in [3.05, 3.63) is 41.0 Å². The molecule has 6 N–H and O–H groups in total. The molecular weight excluding hydrogens is 455 g/mol. The van der Waals surface area contributed by atoms with E-state index in [2.05, 4.69) is 25.9 Å². The van der Waals surface area contributed by atoms with Gasteiger partial charge in [0.15, 0.2) is 11.6 Å². The summed E-state index contributed by atoms with van der Waals surface area (Å²) in [5.41, 5.74) is 6.96. The first kappa shape index (κ1) is 27.8. The van der Waals surface area contributed by atoms with Crippen LogP contribution in [0.1, 0.15) is 62.2 Å². The van der Waals surface area contributed by atoms with E-state index in [1.54, 1.807) is 33.9 Å². The molecule has 11 heteroatoms. The summed E-state index contributed by atoms with van der Waals surface area (Å²) < 4.78 is 20.2. The second kappa shape index (κ2) is 11.8. The van der Waals surface area contributed by atoms with Crippen LogP contribution in [0.5, 0.6) is 0 Å². The molecule has 2 aromatic rings. The Balaban J connectivity index is 2.34. The number of aryl methyl sites for hydroxylation is 2. The van der Waals surface area contributed by atoms with Gasteiger partial charge in [0.1, 0.15) is 11.4 Å². The van der Waals surface area contributed by atoms with Gasteiger partial charge in [0, 0.05) is 24.4 Å². The summed E-state index contributed by atoms with van der Waals surface area (Å²) in [5, 5.41) is 18.0. The molecule has 0 fully saturated rings. The van der Waals surface area contributed by atoms with Crippen LogP contribution < -0.4 is 21.7 Å². The molecule has 0 spiro atoms. The van der Waals surface area contributed by atoms with Crippen molar-refractivity contribution in [1.82, 2.24) is 15.3 Å². The lowest BCUT2D eigenvalue weighted by molar-refractivity contribution is 0.0502. The molecular formula is C24H35FN6O4. The highest BCUT2D eigenvalue weighted by molar-refractivity contribution is 5.98. The van der Waals surface area contributed by atoms with Crippen LogP contribution in [0.4, 0.5) is 26.5 Å². The predicted molar refractivity (Wildman–Crippen MR) is 132 cm³/mol. The number of nitrogens with zero attached hydrogens (tertiary/aromatic N) is 2. The summed E-state index contributed by atoms with van der Waals surface area (Å²) in [5.74, 6) is -1.73. The average Bonchev–Trinajstić information content (AvgIpc) is 2.73. The fourth-order valence-corrected chi connectivity index (χ4v) is 3.25. The molecule has 2 amide bonds. The van der Waals surface area contributed by atoms with Crippen LogP contribution >= 0.6 is 0 Å². The number of aliphatic hydroxyl groups excluding tert-OH is 1. The normalized spacial score (nSPS) is 13.0. The van der Waals surface area contributed by atoms with E-state index in [1.165, 1.54) is 0 Å². The Labute approximate surface area is 204 Å². The van der Waals surface area contributed by atoms with Crippen molar-refractivity contribution in [2.24, 2.45) is 5.73 Å². The number of rotatable bonds is 10. The molecule has 0 saturated carbocycles. The summed E-state index contributed by atoms with van der Waals surface area (Å²) in [7, 11) is 0. The van der Waals surface area contributed by atoms with Gasteiger partial charge in [-0.15, -0.1) is 0 Å². The number of amides is 2. The van der Waals surface area contributed by atoms with Gasteiger partial charge in [0.05, 0.1) is 17.4 Å². The lowest BCUT2D eigenvalue weighted by Crippen LogP contribution is -2.47. The van der Waals surface area contributed by atoms with Crippen LogP contribution in [0.25, 0.3) is 0 Å². The highest BCUT2D eigenvalue weighted by Gasteiger charge is 2.25. The number of halogens is 1. The summed E-state index contributed by atoms with van der Waals surface area (Å²) >= 11 is 0. The number of alkyl carbamates (subject to hydrolysis) is 1. The molecule has 10 nitrogen and oxygen atoms in total. The fourth-order valence-electron chi connectivity index (χ4n) is 3.25. The van der Waals surface area contributed by atoms with Gasteiger partial charge in [-0.05, 0) is 72.1 Å². The minimum Gasteiger partial charge on any atom is -0.444 e. The highest BCUT2D eigenvalue weighted by atomic mass is 19.1. The maximum atomic E-state index is 14.9. The summed E-state index contributed by atoms with van der Waals surface area (Å²) in [6, 6.07) is 1.81. The van der Waals surface area contributed by atoms with E-state index in [9.17, 15) is 19.1 Å². The van der Waals surface area contributed by atoms with E-state index in [4.69, 9.17) is 10.5 Å². The summed E-state index contributed by atoms with van der Waals surface area (Å²) in [4.78, 5) is 32.7. The maximum absolute atomic E-state index is 14.9. The number of carbonyl (C=O) groups is 2. The van der Waals surface area contributed by atoms with Crippen LogP contribution in [0, 0.1) is 19.7 Å². The number of hydrogen-bond acceptors (Lipinski definition) is 8. The monoisotopic (exact) mass is 490 g/mol. The molecule has 0 aliphatic heterocycles. The van der Waals surface area contributed by atoms with Crippen LogP contribution in [0.3, 0.4) is 0 Å². The quantitative estimate of drug-likeness (QED) is 0.339. The average molecular weight is 491 g/mol. The first-order chi connectivity index (χ1) is 16.3. The number of hydrogen-bond donors (Lipinski definition) is 5. The van der Waals surface area contributed by atoms with Gasteiger partial charge in [0.25, 0.3) is 5.91 Å². The highest BCUT2D eigenvalue weighted by Crippen LogP contribution is 2.25. The lowest BCUT2D eigenvalue weighted by Gasteiger charge is -2.28. The van der Waals surface area contributed by atoms with Gasteiger partial charge < -0.3 is 31.5 Å². The number of nitrogens with one attached hydrogen (secondary N) is 3. The Morgan fingerprint density at radius 2 is 1.91 bits per heavy atom. The van der Waals surface area contributed by atoms with E-state index in [0.717, 1.165) is 17.3 Å². The first-order valence-corrected chi connectivity index (χ1v) is 11.4. The molecule has 0 unspecified atom stereocenters. The number of aliphatic hydroxyl groups is 1. The van der Waals surface area contributed by atoms with Gasteiger partial charge in [-0.2, -0.15) is 0 Å². The van der Waals surface area contributed by atoms with E-state index >= 15 is 0 Å². The van der Waals surface area contributed by atoms with Gasteiger partial charge in [0.2, 0.25) is 0 Å². The molecule has 2 heterocycles. The molecule has 0 bridgehead atoms. The topological polar surface area (TPSA) is 151 Å². The van der Waals surface area contributed by atoms with Gasteiger partial charge in [-0.1, -0.05) is 0 Å². The summed E-state index contributed by atoms with van der Waals surface area (Å²) in [6.07, 6.45) is 1.75. The molecule has 0 radical (unpaired) electrons. The minimum absolute atomic E-state index is 0.0557. The lowest BCUT2D eigenvalue weighted by atomic mass is 10.0. The number of anilines is 3. The molecule has 0 saturated heterocycles. The first-order valence-electron chi connectivity index (χ1n) is 11.4. The molecule has 192 valence electrons. The second-order valence-electron chi connectivity index (χ2n) is 9.38. The molecule has 0 aliphatic carbocycles. The van der Waals surface area contributed by atoms with Crippen LogP contribution in [0.15, 0.2) is 18.3 Å². The van der Waals surface area contributed by atoms with Crippen molar-refractivity contribution in [3.63, 3.8) is 0 Å². The zero-order valence-electron chi connectivity index (χ0n) is 21.0. The Morgan fingerprint density at radius 1 is 1.23 bits per heavy atom. The molecule has 0 aliphatic rings. The predicted octanol–water partition coefficient (Wildman–Crippen LogP) is 3.54. The number of primary amides is 1. The van der Waals surface area contributed by atoms with Crippen LogP contribution in [-0.2, 0) is 4.74 Å². The number of aromatic nitrogens is 2. The van der Waals surface area contributed by atoms with Crippen molar-refractivity contribution >= 4 is 29.3 Å². The second-order valence-corrected chi connectivity index (χ2v) is 9.38. The van der Waals surface area contributed by atoms with Crippen molar-refractivity contribution in [2.75, 3.05) is 17.2 Å². The Bertz CT molecular complexity index is 1060. The smallest absolute Gasteiger partial charge is 0.407 e. The standard InChI is InChI=1S/C24H35FN6O4/c1-13-10-16(12-27-14(13)2)29-21-17(20(26)33)11-18(25)22(31-21)30-19(8-7-9-32)15(3)28-23(34)35-24(4,5)6/h10-12,15,19,32H,7-9H2,1-6H3,(H2,26,33)(H,28,34)(H2,29,30,31)/t15-,19+/m0/s1. The Hall–Kier alpha value is -3.47. The SMILES string of the molecule is Cc1cc(Nc2nc(N[C@H](CCCO)[C@H](C)NC(=O)OC(C)(C)C)c(F)cc2C(N)=O)cnc1C. The zero-order chi connectivity index (χ0) is 26.3. The molecule has 35 heavy (non-hydrogen) atoms. The zero-order valence-corrected chi connectivity index (χ0v) is 21.0. The Kier molecular flexibility index (Phi) is 9.35. The van der Waals surface area contributed by atoms with Crippen molar-refractivity contribution < 1.29 is 23.8 Å². The summed E-state index contributed by atoms with van der Waals surface area (Å²) in [6.45, 7) is 10.6. The molecule has 2 rings (SSSR count). The molecule has 2 atom stereocenters. The van der Waals surface area contributed by atoms with E-state index in [0.29, 0.717) is 18.5 Å². The van der Waals surface area contributed by atoms with Gasteiger partial charge >= 0.3 is 6.09 Å². The molecule has 2 aromatic heterocycles. The minimum atomic E-state index is -0.848. The van der Waals surface area contributed by atoms with Crippen LogP contribution in [0.2, 0.25) is 0 Å². The number of pyridine rings is 2. The Morgan fingerprint density at radius 3 is 2.49 bits per heavy atom. The third kappa shape index (κ3) is 8.36. The largest absolute Gasteiger partial charge is 0.444 e. The third-order valence-corrected chi connectivity index (χ3v) is 5.19. The number of nitrogens with two attached hydrogens (primary N) is 1. The molecule has 0 aromatic carbocycles. The van der Waals surface area contributed by atoms with E-state index in [1.807, 2.05) is 19.9 Å². The third-order valence-electron chi connectivity index (χ3n) is 5.19. The van der Waals surface area contributed by atoms with E-state index < -0.39 is 35.5 Å². The van der Waals surface area contributed by atoms with E-state index in [-0.39, 0.29) is 23.8 Å². The van der Waals surface area contributed by atoms with Crippen molar-refractivity contribution in [1.29, 1.82) is 0 Å². The number of carbonyl (C=O) groups excluding carboxylic acids is 2.